The maximum absolute atomic E-state index is 12.4. The molecule has 0 unspecified atom stereocenters. The molecule has 0 fully saturated rings. The molecular formula is C15H19N5O4S. The van der Waals surface area contributed by atoms with E-state index in [-0.39, 0.29) is 24.0 Å². The van der Waals surface area contributed by atoms with Gasteiger partial charge in [-0.1, -0.05) is 18.2 Å². The molecule has 1 aromatic carbocycles. The van der Waals surface area contributed by atoms with Crippen LogP contribution in [0.5, 0.6) is 0 Å². The van der Waals surface area contributed by atoms with E-state index in [2.05, 4.69) is 14.7 Å². The monoisotopic (exact) mass is 365 g/mol. The number of carboxylic acids is 1. The van der Waals surface area contributed by atoms with Crippen molar-refractivity contribution in [1.29, 1.82) is 0 Å². The van der Waals surface area contributed by atoms with Gasteiger partial charge >= 0.3 is 5.97 Å². The van der Waals surface area contributed by atoms with Gasteiger partial charge in [0.15, 0.2) is 11.0 Å². The molecule has 0 bridgehead atoms. The van der Waals surface area contributed by atoms with Gasteiger partial charge in [-0.15, -0.1) is 0 Å². The van der Waals surface area contributed by atoms with E-state index in [1.54, 1.807) is 24.3 Å². The van der Waals surface area contributed by atoms with Crippen LogP contribution < -0.4 is 16.2 Å². The Bertz CT molecular complexity index is 894. The molecular weight excluding hydrogens is 346 g/mol. The third-order valence-corrected chi connectivity index (χ3v) is 4.76. The van der Waals surface area contributed by atoms with E-state index in [1.165, 1.54) is 6.07 Å². The lowest BCUT2D eigenvalue weighted by Gasteiger charge is -2.14. The number of aliphatic carboxylic acids is 1. The first-order valence-electron chi connectivity index (χ1n) is 7.46. The number of nitrogens with zero attached hydrogens (tertiary/aromatic N) is 2. The molecule has 1 heterocycles. The first-order valence-corrected chi connectivity index (χ1v) is 8.94. The highest BCUT2D eigenvalue weighted by Gasteiger charge is 2.26. The Labute approximate surface area is 144 Å². The fourth-order valence-electron chi connectivity index (χ4n) is 2.18. The van der Waals surface area contributed by atoms with Crippen molar-refractivity contribution in [3.05, 3.63) is 36.4 Å². The van der Waals surface area contributed by atoms with Gasteiger partial charge in [-0.05, 0) is 31.0 Å². The van der Waals surface area contributed by atoms with Crippen LogP contribution in [0.25, 0.3) is 10.9 Å². The van der Waals surface area contributed by atoms with Crippen LogP contribution in [0.2, 0.25) is 0 Å². The minimum Gasteiger partial charge on any atom is -0.480 e. The first-order chi connectivity index (χ1) is 11.8. The van der Waals surface area contributed by atoms with Crippen molar-refractivity contribution >= 4 is 32.9 Å². The van der Waals surface area contributed by atoms with Crippen LogP contribution in [-0.2, 0) is 14.8 Å². The number of aliphatic imine (C=N–C) groups is 1. The molecule has 2 aromatic rings. The molecule has 1 aromatic heterocycles. The van der Waals surface area contributed by atoms with Crippen LogP contribution in [0.15, 0.2) is 46.4 Å². The van der Waals surface area contributed by atoms with Crippen molar-refractivity contribution in [1.82, 2.24) is 9.71 Å². The zero-order chi connectivity index (χ0) is 18.4. The molecule has 0 saturated heterocycles. The fraction of sp³-hybridized carbons (Fsp3) is 0.267. The van der Waals surface area contributed by atoms with Gasteiger partial charge in [0.05, 0.1) is 5.52 Å². The molecule has 134 valence electrons. The standard InChI is InChI=1S/C15H19N5O4S/c16-15(17)18-9-3-6-12(14(21)22)20-25(23,24)13-8-7-10-4-1-2-5-11(10)19-13/h1-2,4-5,7-8,12,20H,3,6,9H2,(H,21,22)(H4,16,17,18)/t12-/m0/s1. The Balaban J connectivity index is 2.15. The predicted octanol–water partition coefficient (Wildman–Crippen LogP) is 0.0199. The maximum atomic E-state index is 12.4. The van der Waals surface area contributed by atoms with E-state index < -0.39 is 22.0 Å². The van der Waals surface area contributed by atoms with Crippen molar-refractivity contribution in [2.45, 2.75) is 23.9 Å². The number of hydrogen-bond donors (Lipinski definition) is 4. The van der Waals surface area contributed by atoms with Crippen LogP contribution in [-0.4, -0.2) is 43.0 Å². The van der Waals surface area contributed by atoms with Gasteiger partial charge in [-0.2, -0.15) is 4.72 Å². The summed E-state index contributed by atoms with van der Waals surface area (Å²) in [6, 6.07) is 8.69. The number of nitrogens with two attached hydrogens (primary N) is 2. The van der Waals surface area contributed by atoms with E-state index >= 15 is 0 Å². The Hall–Kier alpha value is -2.72. The molecule has 0 aliphatic heterocycles. The van der Waals surface area contributed by atoms with Gasteiger partial charge in [-0.25, -0.2) is 13.4 Å². The molecule has 10 heteroatoms. The number of sulfonamides is 1. The number of carboxylic acid groups (broad SMARTS) is 1. The number of pyridine rings is 1. The smallest absolute Gasteiger partial charge is 0.321 e. The molecule has 9 nitrogen and oxygen atoms in total. The molecule has 0 spiro atoms. The third-order valence-electron chi connectivity index (χ3n) is 3.39. The summed E-state index contributed by atoms with van der Waals surface area (Å²) in [6.45, 7) is 0.210. The van der Waals surface area contributed by atoms with Gasteiger partial charge in [0.1, 0.15) is 6.04 Å². The number of carbonyl (C=O) groups is 1. The molecule has 0 aliphatic rings. The summed E-state index contributed by atoms with van der Waals surface area (Å²) in [5, 5.41) is 9.78. The van der Waals surface area contributed by atoms with Crippen LogP contribution in [0, 0.1) is 0 Å². The average Bonchev–Trinajstić information content (AvgIpc) is 2.56. The topological polar surface area (TPSA) is 161 Å². The second kappa shape index (κ2) is 7.90. The highest BCUT2D eigenvalue weighted by atomic mass is 32.2. The number of fused-ring (bicyclic) bond motifs is 1. The van der Waals surface area contributed by atoms with E-state index in [0.29, 0.717) is 11.9 Å². The normalized spacial score (nSPS) is 12.6. The SMILES string of the molecule is NC(N)=NCCC[C@H](NS(=O)(=O)c1ccc2ccccc2n1)C(=O)O. The Kier molecular flexibility index (Phi) is 5.88. The van der Waals surface area contributed by atoms with Crippen molar-refractivity contribution in [3.63, 3.8) is 0 Å². The number of hydrogen-bond acceptors (Lipinski definition) is 5. The molecule has 2 rings (SSSR count). The summed E-state index contributed by atoms with van der Waals surface area (Å²) in [5.41, 5.74) is 10.9. The largest absolute Gasteiger partial charge is 0.480 e. The summed E-state index contributed by atoms with van der Waals surface area (Å²) in [5.74, 6) is -1.39. The molecule has 6 N–H and O–H groups in total. The number of nitrogens with one attached hydrogen (secondary N) is 1. The van der Waals surface area contributed by atoms with Gasteiger partial charge in [-0.3, -0.25) is 9.79 Å². The molecule has 0 saturated carbocycles. The number of benzene rings is 1. The number of para-hydroxylation sites is 1. The number of aromatic nitrogens is 1. The molecule has 1 atom stereocenters. The van der Waals surface area contributed by atoms with Crippen molar-refractivity contribution in [3.8, 4) is 0 Å². The van der Waals surface area contributed by atoms with Gasteiger partial charge in [0.2, 0.25) is 0 Å². The minimum atomic E-state index is -4.08. The van der Waals surface area contributed by atoms with E-state index in [4.69, 9.17) is 11.5 Å². The lowest BCUT2D eigenvalue weighted by Crippen LogP contribution is -2.41. The van der Waals surface area contributed by atoms with Crippen LogP contribution in [0.4, 0.5) is 0 Å². The summed E-state index contributed by atoms with van der Waals surface area (Å²) in [7, 11) is -4.08. The second-order valence-electron chi connectivity index (χ2n) is 5.30. The summed E-state index contributed by atoms with van der Waals surface area (Å²) in [6.07, 6.45) is 0.349. The highest BCUT2D eigenvalue weighted by molar-refractivity contribution is 7.89. The predicted molar refractivity (Wildman–Crippen MR) is 93.4 cm³/mol. The maximum Gasteiger partial charge on any atom is 0.321 e. The second-order valence-corrected chi connectivity index (χ2v) is 6.96. The summed E-state index contributed by atoms with van der Waals surface area (Å²) in [4.78, 5) is 19.1. The lowest BCUT2D eigenvalue weighted by molar-refractivity contribution is -0.139. The van der Waals surface area contributed by atoms with Crippen LogP contribution in [0.1, 0.15) is 12.8 Å². The van der Waals surface area contributed by atoms with E-state index in [0.717, 1.165) is 5.39 Å². The van der Waals surface area contributed by atoms with Crippen LogP contribution >= 0.6 is 0 Å². The summed E-state index contributed by atoms with van der Waals surface area (Å²) < 4.78 is 27.0. The van der Waals surface area contributed by atoms with E-state index in [1.807, 2.05) is 6.07 Å². The molecule has 0 amide bonds. The van der Waals surface area contributed by atoms with Gasteiger partial charge < -0.3 is 16.6 Å². The molecule has 25 heavy (non-hydrogen) atoms. The fourth-order valence-corrected chi connectivity index (χ4v) is 3.36. The van der Waals surface area contributed by atoms with Crippen LogP contribution in [0.3, 0.4) is 0 Å². The zero-order valence-corrected chi connectivity index (χ0v) is 14.1. The molecule has 0 aliphatic carbocycles. The Morgan fingerprint density at radius 1 is 1.24 bits per heavy atom. The Morgan fingerprint density at radius 2 is 1.96 bits per heavy atom. The van der Waals surface area contributed by atoms with Gasteiger partial charge in [0, 0.05) is 11.9 Å². The number of rotatable bonds is 8. The van der Waals surface area contributed by atoms with Crippen molar-refractivity contribution < 1.29 is 18.3 Å². The Morgan fingerprint density at radius 3 is 2.64 bits per heavy atom. The zero-order valence-electron chi connectivity index (χ0n) is 13.3. The minimum absolute atomic E-state index is 0.0406. The van der Waals surface area contributed by atoms with Crippen molar-refractivity contribution in [2.75, 3.05) is 6.54 Å². The highest BCUT2D eigenvalue weighted by Crippen LogP contribution is 2.15. The number of guanidine groups is 1. The summed E-state index contributed by atoms with van der Waals surface area (Å²) >= 11 is 0. The lowest BCUT2D eigenvalue weighted by atomic mass is 10.2. The quantitative estimate of drug-likeness (QED) is 0.291. The van der Waals surface area contributed by atoms with Gasteiger partial charge in [0.25, 0.3) is 10.0 Å². The third kappa shape index (κ3) is 5.13. The molecule has 0 radical (unpaired) electrons. The van der Waals surface area contributed by atoms with E-state index in [9.17, 15) is 18.3 Å². The van der Waals surface area contributed by atoms with Crippen molar-refractivity contribution in [2.24, 2.45) is 16.5 Å². The average molecular weight is 365 g/mol. The first kappa shape index (κ1) is 18.6.